The van der Waals surface area contributed by atoms with Crippen molar-refractivity contribution in [3.05, 3.63) is 76.4 Å². The number of hydrogen-bond donors (Lipinski definition) is 0. The average molecular weight is 453 g/mol. The molecule has 0 radical (unpaired) electrons. The Balaban J connectivity index is 1.62. The quantitative estimate of drug-likeness (QED) is 0.543. The first-order valence-corrected chi connectivity index (χ1v) is 9.99. The standard InChI is InChI=1S/C23H21F6N3/c1-31-12-16(11-14-3-7-17(8-4-14)22(24,25)26)20-19(13-31)21(32(2)30-20)15-5-9-18(10-6-15)23(27,28)29/h3-11,19,21H,12-13H2,1-2H3/b16-11+. The zero-order valence-corrected chi connectivity index (χ0v) is 17.4. The van der Waals surface area contributed by atoms with E-state index < -0.39 is 23.5 Å². The van der Waals surface area contributed by atoms with Crippen molar-refractivity contribution in [1.82, 2.24) is 9.91 Å². The van der Waals surface area contributed by atoms with Gasteiger partial charge in [-0.15, -0.1) is 0 Å². The minimum atomic E-state index is -4.40. The molecule has 0 spiro atoms. The molecule has 0 saturated carbocycles. The Morgan fingerprint density at radius 3 is 1.91 bits per heavy atom. The first kappa shape index (κ1) is 22.4. The number of alkyl halides is 6. The third-order valence-electron chi connectivity index (χ3n) is 5.84. The molecule has 2 unspecified atom stereocenters. The molecule has 3 nitrogen and oxygen atoms in total. The molecule has 0 amide bonds. The van der Waals surface area contributed by atoms with Crippen molar-refractivity contribution < 1.29 is 26.3 Å². The van der Waals surface area contributed by atoms with Gasteiger partial charge in [-0.1, -0.05) is 24.3 Å². The van der Waals surface area contributed by atoms with Gasteiger partial charge in [-0.25, -0.2) is 0 Å². The van der Waals surface area contributed by atoms with E-state index in [2.05, 4.69) is 10.0 Å². The molecule has 9 heteroatoms. The zero-order valence-electron chi connectivity index (χ0n) is 17.4. The molecule has 2 aliphatic rings. The molecule has 2 atom stereocenters. The van der Waals surface area contributed by atoms with Gasteiger partial charge in [-0.05, 0) is 54.1 Å². The van der Waals surface area contributed by atoms with Gasteiger partial charge in [0.15, 0.2) is 0 Å². The Hall–Kier alpha value is -2.81. The van der Waals surface area contributed by atoms with Gasteiger partial charge in [0.05, 0.1) is 22.9 Å². The maximum Gasteiger partial charge on any atom is 0.416 e. The van der Waals surface area contributed by atoms with E-state index in [-0.39, 0.29) is 12.0 Å². The van der Waals surface area contributed by atoms with Gasteiger partial charge in [-0.2, -0.15) is 31.4 Å². The third-order valence-corrected chi connectivity index (χ3v) is 5.84. The molecule has 2 aromatic rings. The minimum absolute atomic E-state index is 0.0730. The lowest BCUT2D eigenvalue weighted by molar-refractivity contribution is -0.138. The summed E-state index contributed by atoms with van der Waals surface area (Å²) < 4.78 is 77.3. The number of likely N-dealkylation sites (N-methyl/N-ethyl adjacent to an activating group) is 1. The second-order valence-electron chi connectivity index (χ2n) is 8.22. The smallest absolute Gasteiger partial charge is 0.301 e. The molecule has 4 rings (SSSR count). The monoisotopic (exact) mass is 453 g/mol. The van der Waals surface area contributed by atoms with Crippen molar-refractivity contribution in [2.45, 2.75) is 18.4 Å². The molecule has 32 heavy (non-hydrogen) atoms. The van der Waals surface area contributed by atoms with Gasteiger partial charge in [0.25, 0.3) is 0 Å². The maximum atomic E-state index is 12.9. The molecule has 2 aliphatic heterocycles. The van der Waals surface area contributed by atoms with Crippen LogP contribution in [-0.2, 0) is 12.4 Å². The van der Waals surface area contributed by atoms with E-state index in [0.29, 0.717) is 18.7 Å². The molecule has 2 heterocycles. The van der Waals surface area contributed by atoms with Gasteiger partial charge in [-0.3, -0.25) is 5.01 Å². The summed E-state index contributed by atoms with van der Waals surface area (Å²) in [5, 5.41) is 6.41. The topological polar surface area (TPSA) is 18.8 Å². The van der Waals surface area contributed by atoms with E-state index in [0.717, 1.165) is 41.1 Å². The third kappa shape index (κ3) is 4.39. The van der Waals surface area contributed by atoms with Crippen LogP contribution in [0.15, 0.2) is 59.2 Å². The van der Waals surface area contributed by atoms with Gasteiger partial charge in [0.1, 0.15) is 0 Å². The van der Waals surface area contributed by atoms with E-state index >= 15 is 0 Å². The Kier molecular flexibility index (Phi) is 5.56. The summed E-state index contributed by atoms with van der Waals surface area (Å²) in [5.41, 5.74) is 1.64. The van der Waals surface area contributed by atoms with Crippen molar-refractivity contribution in [3.8, 4) is 0 Å². The first-order chi connectivity index (χ1) is 14.9. The predicted octanol–water partition coefficient (Wildman–Crippen LogP) is 5.71. The van der Waals surface area contributed by atoms with Gasteiger partial charge >= 0.3 is 12.4 Å². The second-order valence-corrected chi connectivity index (χ2v) is 8.22. The van der Waals surface area contributed by atoms with Crippen molar-refractivity contribution in [3.63, 3.8) is 0 Å². The van der Waals surface area contributed by atoms with Crippen molar-refractivity contribution in [2.24, 2.45) is 11.0 Å². The minimum Gasteiger partial charge on any atom is -0.301 e. The van der Waals surface area contributed by atoms with Crippen LogP contribution in [0.25, 0.3) is 6.08 Å². The van der Waals surface area contributed by atoms with E-state index in [4.69, 9.17) is 0 Å². The summed E-state index contributed by atoms with van der Waals surface area (Å²) in [7, 11) is 3.71. The van der Waals surface area contributed by atoms with Crippen LogP contribution in [0.5, 0.6) is 0 Å². The summed E-state index contributed by atoms with van der Waals surface area (Å²) in [5.74, 6) is -0.0730. The first-order valence-electron chi connectivity index (χ1n) is 9.99. The van der Waals surface area contributed by atoms with Crippen LogP contribution in [0, 0.1) is 5.92 Å². The summed E-state index contributed by atoms with van der Waals surface area (Å²) >= 11 is 0. The fraction of sp³-hybridized carbons (Fsp3) is 0.348. The Labute approximate surface area is 181 Å². The lowest BCUT2D eigenvalue weighted by atomic mass is 9.83. The van der Waals surface area contributed by atoms with Crippen molar-refractivity contribution in [2.75, 3.05) is 27.2 Å². The van der Waals surface area contributed by atoms with Crippen LogP contribution in [0.3, 0.4) is 0 Å². The van der Waals surface area contributed by atoms with Crippen LogP contribution in [-0.4, -0.2) is 42.8 Å². The lowest BCUT2D eigenvalue weighted by Gasteiger charge is -2.34. The summed E-state index contributed by atoms with van der Waals surface area (Å²) in [6.07, 6.45) is -6.97. The van der Waals surface area contributed by atoms with Crippen molar-refractivity contribution >= 4 is 11.8 Å². The average Bonchev–Trinajstić information content (AvgIpc) is 3.03. The molecule has 1 saturated heterocycles. The number of piperidine rings is 1. The summed E-state index contributed by atoms with van der Waals surface area (Å²) in [4.78, 5) is 2.08. The van der Waals surface area contributed by atoms with Crippen LogP contribution in [0.1, 0.15) is 28.3 Å². The highest BCUT2D eigenvalue weighted by Gasteiger charge is 2.42. The highest BCUT2D eigenvalue weighted by Crippen LogP contribution is 2.40. The molecule has 0 bridgehead atoms. The number of benzene rings is 2. The molecule has 2 aromatic carbocycles. The van der Waals surface area contributed by atoms with E-state index in [1.165, 1.54) is 24.3 Å². The molecule has 0 N–H and O–H groups in total. The van der Waals surface area contributed by atoms with Gasteiger partial charge in [0, 0.05) is 26.1 Å². The van der Waals surface area contributed by atoms with Crippen LogP contribution in [0.4, 0.5) is 26.3 Å². The zero-order chi connectivity index (χ0) is 23.3. The lowest BCUT2D eigenvalue weighted by Crippen LogP contribution is -2.41. The number of likely N-dealkylation sites (tertiary alicyclic amines) is 1. The number of hydrazone groups is 1. The molecule has 1 fully saturated rings. The number of nitrogens with zero attached hydrogens (tertiary/aromatic N) is 3. The fourth-order valence-electron chi connectivity index (χ4n) is 4.38. The largest absolute Gasteiger partial charge is 0.416 e. The Bertz CT molecular complexity index is 1040. The highest BCUT2D eigenvalue weighted by molar-refractivity contribution is 6.07. The number of rotatable bonds is 2. The number of fused-ring (bicyclic) bond motifs is 1. The van der Waals surface area contributed by atoms with Gasteiger partial charge in [0.2, 0.25) is 0 Å². The molecule has 0 aromatic heterocycles. The summed E-state index contributed by atoms with van der Waals surface area (Å²) in [6.45, 7) is 1.24. The number of hydrogen-bond acceptors (Lipinski definition) is 3. The van der Waals surface area contributed by atoms with E-state index in [1.807, 2.05) is 13.1 Å². The van der Waals surface area contributed by atoms with E-state index in [1.54, 1.807) is 12.1 Å². The highest BCUT2D eigenvalue weighted by atomic mass is 19.4. The fourth-order valence-corrected chi connectivity index (χ4v) is 4.38. The maximum absolute atomic E-state index is 12.9. The normalized spacial score (nSPS) is 23.4. The van der Waals surface area contributed by atoms with Crippen LogP contribution in [0.2, 0.25) is 0 Å². The molecule has 0 aliphatic carbocycles. The SMILES string of the molecule is CN1C/C(=C\c2ccc(C(F)(F)F)cc2)C2=NN(C)C(c3ccc(C(F)(F)F)cc3)C2C1. The van der Waals surface area contributed by atoms with Crippen LogP contribution < -0.4 is 0 Å². The second kappa shape index (κ2) is 7.95. The molecular weight excluding hydrogens is 432 g/mol. The Morgan fingerprint density at radius 2 is 1.38 bits per heavy atom. The van der Waals surface area contributed by atoms with Gasteiger partial charge < -0.3 is 4.90 Å². The number of halogens is 6. The Morgan fingerprint density at radius 1 is 0.844 bits per heavy atom. The molecular formula is C23H21F6N3. The summed E-state index contributed by atoms with van der Waals surface area (Å²) in [6, 6.07) is 9.82. The predicted molar refractivity (Wildman–Crippen MR) is 110 cm³/mol. The van der Waals surface area contributed by atoms with Crippen molar-refractivity contribution in [1.29, 1.82) is 0 Å². The van der Waals surface area contributed by atoms with E-state index in [9.17, 15) is 26.3 Å². The van der Waals surface area contributed by atoms with Crippen LogP contribution >= 0.6 is 0 Å². The molecule has 170 valence electrons.